The Morgan fingerprint density at radius 3 is 2.53 bits per heavy atom. The van der Waals surface area contributed by atoms with Crippen LogP contribution in [0.1, 0.15) is 48.2 Å². The van der Waals surface area contributed by atoms with Crippen LogP contribution in [-0.2, 0) is 16.1 Å². The van der Waals surface area contributed by atoms with Gasteiger partial charge in [-0.1, -0.05) is 67.0 Å². The topological polar surface area (TPSA) is 120 Å². The van der Waals surface area contributed by atoms with E-state index in [-0.39, 0.29) is 31.2 Å². The summed E-state index contributed by atoms with van der Waals surface area (Å²) in [4.78, 5) is 31.6. The maximum Gasteiger partial charge on any atom is 0.475 e. The zero-order chi connectivity index (χ0) is 24.7. The molecule has 3 rings (SSSR count). The second-order valence-electron chi connectivity index (χ2n) is 9.26. The van der Waals surface area contributed by atoms with Crippen molar-refractivity contribution in [3.63, 3.8) is 0 Å². The number of aryl methyl sites for hydroxylation is 1. The minimum absolute atomic E-state index is 0.134. The van der Waals surface area contributed by atoms with Crippen LogP contribution in [0.4, 0.5) is 0 Å². The highest BCUT2D eigenvalue weighted by atomic mass is 16.7. The highest BCUT2D eigenvalue weighted by Gasteiger charge is 2.48. The van der Waals surface area contributed by atoms with Crippen LogP contribution >= 0.6 is 0 Å². The lowest BCUT2D eigenvalue weighted by Crippen LogP contribution is -2.56. The Bertz CT molecular complexity index is 1030. The van der Waals surface area contributed by atoms with Gasteiger partial charge in [0.1, 0.15) is 0 Å². The number of hydrogen-bond acceptors (Lipinski definition) is 6. The molecule has 0 radical (unpaired) electrons. The summed E-state index contributed by atoms with van der Waals surface area (Å²) >= 11 is 0. The Morgan fingerprint density at radius 2 is 1.88 bits per heavy atom. The van der Waals surface area contributed by atoms with Crippen molar-refractivity contribution in [3.8, 4) is 0 Å². The Morgan fingerprint density at radius 1 is 1.15 bits per heavy atom. The van der Waals surface area contributed by atoms with Gasteiger partial charge < -0.3 is 25.5 Å². The van der Waals surface area contributed by atoms with Crippen molar-refractivity contribution in [1.82, 2.24) is 10.6 Å². The summed E-state index contributed by atoms with van der Waals surface area (Å²) in [6.45, 7) is 5.92. The van der Waals surface area contributed by atoms with Gasteiger partial charge in [-0.25, -0.2) is 0 Å². The quantitative estimate of drug-likeness (QED) is 0.401. The molecule has 2 amide bonds. The summed E-state index contributed by atoms with van der Waals surface area (Å²) in [6.07, 6.45) is 0.803. The average Bonchev–Trinajstić information content (AvgIpc) is 3.21. The van der Waals surface area contributed by atoms with E-state index in [9.17, 15) is 19.6 Å². The van der Waals surface area contributed by atoms with Crippen LogP contribution in [0, 0.1) is 12.8 Å². The van der Waals surface area contributed by atoms with Crippen LogP contribution in [0.2, 0.25) is 0 Å². The molecule has 0 saturated carbocycles. The molecule has 1 heterocycles. The van der Waals surface area contributed by atoms with E-state index in [1.165, 1.54) is 0 Å². The SMILES string of the molecule is Cc1cccc(C(=O)NCC2=NOC(Cc3ccccc3)(C(=O)N[C@@H](CC(C)C)B(O)O)C2)c1. The van der Waals surface area contributed by atoms with Gasteiger partial charge in [-0.3, -0.25) is 9.59 Å². The van der Waals surface area contributed by atoms with Crippen LogP contribution in [0.5, 0.6) is 0 Å². The molecular formula is C25H32BN3O5. The lowest BCUT2D eigenvalue weighted by Gasteiger charge is -2.29. The molecule has 0 spiro atoms. The van der Waals surface area contributed by atoms with Crippen molar-refractivity contribution in [3.05, 3.63) is 71.3 Å². The second-order valence-corrected chi connectivity index (χ2v) is 9.26. The first-order valence-electron chi connectivity index (χ1n) is 11.5. The van der Waals surface area contributed by atoms with E-state index >= 15 is 0 Å². The van der Waals surface area contributed by atoms with E-state index in [0.717, 1.165) is 11.1 Å². The molecule has 2 aromatic rings. The predicted molar refractivity (Wildman–Crippen MR) is 131 cm³/mol. The predicted octanol–water partition coefficient (Wildman–Crippen LogP) is 2.03. The second kappa shape index (κ2) is 11.3. The highest BCUT2D eigenvalue weighted by molar-refractivity contribution is 6.43. The molecule has 0 bridgehead atoms. The molecule has 2 aromatic carbocycles. The van der Waals surface area contributed by atoms with E-state index in [0.29, 0.717) is 17.7 Å². The third-order valence-corrected chi connectivity index (χ3v) is 5.72. The third-order valence-electron chi connectivity index (χ3n) is 5.72. The Kier molecular flexibility index (Phi) is 8.47. The lowest BCUT2D eigenvalue weighted by atomic mass is 9.74. The van der Waals surface area contributed by atoms with Crippen LogP contribution in [0.15, 0.2) is 59.8 Å². The molecule has 1 unspecified atom stereocenters. The van der Waals surface area contributed by atoms with Gasteiger partial charge in [0.15, 0.2) is 0 Å². The molecule has 1 aliphatic rings. The molecule has 180 valence electrons. The maximum absolute atomic E-state index is 13.4. The number of nitrogens with one attached hydrogen (secondary N) is 2. The average molecular weight is 465 g/mol. The van der Waals surface area contributed by atoms with Crippen molar-refractivity contribution in [2.45, 2.75) is 51.6 Å². The molecule has 9 heteroatoms. The number of benzene rings is 2. The molecule has 0 aromatic heterocycles. The molecule has 0 aliphatic carbocycles. The molecule has 0 saturated heterocycles. The number of rotatable bonds is 10. The molecule has 4 N–H and O–H groups in total. The molecule has 0 fully saturated rings. The van der Waals surface area contributed by atoms with Crippen molar-refractivity contribution < 1.29 is 24.5 Å². The minimum Gasteiger partial charge on any atom is -0.426 e. The number of oxime groups is 1. The van der Waals surface area contributed by atoms with E-state index in [1.54, 1.807) is 12.1 Å². The van der Waals surface area contributed by atoms with Crippen molar-refractivity contribution >= 4 is 24.6 Å². The van der Waals surface area contributed by atoms with Crippen molar-refractivity contribution in [2.75, 3.05) is 6.54 Å². The largest absolute Gasteiger partial charge is 0.475 e. The first kappa shape index (κ1) is 25.5. The third kappa shape index (κ3) is 6.68. The van der Waals surface area contributed by atoms with Gasteiger partial charge in [0.25, 0.3) is 11.8 Å². The van der Waals surface area contributed by atoms with Crippen LogP contribution in [0.25, 0.3) is 0 Å². The zero-order valence-corrected chi connectivity index (χ0v) is 19.8. The van der Waals surface area contributed by atoms with E-state index in [4.69, 9.17) is 4.84 Å². The lowest BCUT2D eigenvalue weighted by molar-refractivity contribution is -0.144. The van der Waals surface area contributed by atoms with Crippen LogP contribution in [-0.4, -0.2) is 52.8 Å². The van der Waals surface area contributed by atoms with Crippen LogP contribution < -0.4 is 10.6 Å². The smallest absolute Gasteiger partial charge is 0.426 e. The number of carbonyl (C=O) groups is 2. The van der Waals surface area contributed by atoms with Gasteiger partial charge in [0, 0.05) is 18.4 Å². The molecule has 1 aliphatic heterocycles. The molecule has 8 nitrogen and oxygen atoms in total. The fourth-order valence-corrected chi connectivity index (χ4v) is 4.00. The van der Waals surface area contributed by atoms with Gasteiger partial charge in [0.2, 0.25) is 5.60 Å². The highest BCUT2D eigenvalue weighted by Crippen LogP contribution is 2.29. The van der Waals surface area contributed by atoms with Gasteiger partial charge in [-0.2, -0.15) is 0 Å². The monoisotopic (exact) mass is 465 g/mol. The summed E-state index contributed by atoms with van der Waals surface area (Å²) < 4.78 is 0. The molecule has 34 heavy (non-hydrogen) atoms. The maximum atomic E-state index is 13.4. The summed E-state index contributed by atoms with van der Waals surface area (Å²) in [5.74, 6) is -1.41. The van der Waals surface area contributed by atoms with Crippen LogP contribution in [0.3, 0.4) is 0 Å². The molecule has 2 atom stereocenters. The van der Waals surface area contributed by atoms with Gasteiger partial charge >= 0.3 is 7.12 Å². The van der Waals surface area contributed by atoms with Crippen molar-refractivity contribution in [1.29, 1.82) is 0 Å². The zero-order valence-electron chi connectivity index (χ0n) is 19.8. The number of amides is 2. The fraction of sp³-hybridized carbons (Fsp3) is 0.400. The fourth-order valence-electron chi connectivity index (χ4n) is 4.00. The van der Waals surface area contributed by atoms with Gasteiger partial charge in [-0.05, 0) is 37.0 Å². The summed E-state index contributed by atoms with van der Waals surface area (Å²) in [5, 5.41) is 29.2. The van der Waals surface area contributed by atoms with E-state index < -0.39 is 24.6 Å². The summed E-state index contributed by atoms with van der Waals surface area (Å²) in [7, 11) is -1.70. The standard InChI is InChI=1S/C25H32BN3O5/c1-17(2)12-22(26(32)33)28-24(31)25(14-19-9-5-4-6-10-19)15-21(29-34-25)16-27-23(30)20-11-7-8-18(3)13-20/h4-11,13,17,22,32-33H,12,14-16H2,1-3H3,(H,27,30)(H,28,31)/t22-,25?/m0/s1. The van der Waals surface area contributed by atoms with E-state index in [1.807, 2.05) is 63.2 Å². The minimum atomic E-state index is -1.70. The Balaban J connectivity index is 1.72. The van der Waals surface area contributed by atoms with Crippen molar-refractivity contribution in [2.24, 2.45) is 11.1 Å². The first-order valence-corrected chi connectivity index (χ1v) is 11.5. The van der Waals surface area contributed by atoms with Gasteiger partial charge in [-0.15, -0.1) is 0 Å². The summed E-state index contributed by atoms with van der Waals surface area (Å²) in [6, 6.07) is 16.7. The van der Waals surface area contributed by atoms with Gasteiger partial charge in [0.05, 0.1) is 18.2 Å². The number of carbonyl (C=O) groups excluding carboxylic acids is 2. The normalized spacial score (nSPS) is 18.1. The van der Waals surface area contributed by atoms with E-state index in [2.05, 4.69) is 15.8 Å². The number of hydrogen-bond donors (Lipinski definition) is 4. The Labute approximate surface area is 200 Å². The Hall–Kier alpha value is -3.17. The number of nitrogens with zero attached hydrogens (tertiary/aromatic N) is 1. The summed E-state index contributed by atoms with van der Waals surface area (Å²) in [5.41, 5.74) is 1.57. The first-order chi connectivity index (χ1) is 16.2. The molecular weight excluding hydrogens is 433 g/mol.